The maximum Gasteiger partial charge on any atom is 0.00332 e. The molecule has 0 radical (unpaired) electrons. The number of likely N-dealkylation sites (tertiary alicyclic amines) is 1. The first-order valence-electron chi connectivity index (χ1n) is 7.45. The van der Waals surface area contributed by atoms with Gasteiger partial charge in [0, 0.05) is 12.6 Å². The summed E-state index contributed by atoms with van der Waals surface area (Å²) in [5, 5.41) is 3.48. The molecule has 1 heterocycles. The Labute approximate surface area is 108 Å². The molecule has 2 heteroatoms. The molecule has 1 aliphatic rings. The van der Waals surface area contributed by atoms with Crippen LogP contribution in [-0.2, 0) is 0 Å². The van der Waals surface area contributed by atoms with Gasteiger partial charge in [0.15, 0.2) is 0 Å². The Morgan fingerprint density at radius 2 is 1.82 bits per heavy atom. The van der Waals surface area contributed by atoms with Gasteiger partial charge in [-0.25, -0.2) is 0 Å². The summed E-state index contributed by atoms with van der Waals surface area (Å²) in [4.78, 5) is 2.65. The zero-order valence-electron chi connectivity index (χ0n) is 12.4. The van der Waals surface area contributed by atoms with Gasteiger partial charge < -0.3 is 10.2 Å². The molecule has 17 heavy (non-hydrogen) atoms. The van der Waals surface area contributed by atoms with E-state index in [1.165, 1.54) is 58.3 Å². The predicted molar refractivity (Wildman–Crippen MR) is 76.4 cm³/mol. The molecule has 0 unspecified atom stereocenters. The molecule has 1 aliphatic heterocycles. The van der Waals surface area contributed by atoms with Gasteiger partial charge in [-0.2, -0.15) is 0 Å². The SMILES string of the molecule is CC(C)NCCCCCCN1CCC(C)(C)C1. The van der Waals surface area contributed by atoms with Crippen LogP contribution in [0.5, 0.6) is 0 Å². The minimum absolute atomic E-state index is 0.571. The van der Waals surface area contributed by atoms with Crippen molar-refractivity contribution in [3.8, 4) is 0 Å². The van der Waals surface area contributed by atoms with Crippen molar-refractivity contribution < 1.29 is 0 Å². The number of hydrogen-bond acceptors (Lipinski definition) is 2. The minimum atomic E-state index is 0.571. The predicted octanol–water partition coefficient (Wildman–Crippen LogP) is 3.28. The maximum atomic E-state index is 3.48. The number of nitrogens with zero attached hydrogens (tertiary/aromatic N) is 1. The Hall–Kier alpha value is -0.0800. The molecule has 1 fully saturated rings. The van der Waals surface area contributed by atoms with Crippen LogP contribution in [-0.4, -0.2) is 37.1 Å². The lowest BCUT2D eigenvalue weighted by Crippen LogP contribution is -2.24. The van der Waals surface area contributed by atoms with Crippen molar-refractivity contribution in [2.45, 2.75) is 65.8 Å². The number of rotatable bonds is 8. The van der Waals surface area contributed by atoms with E-state index in [4.69, 9.17) is 0 Å². The van der Waals surface area contributed by atoms with E-state index in [0.29, 0.717) is 11.5 Å². The minimum Gasteiger partial charge on any atom is -0.315 e. The second kappa shape index (κ2) is 7.38. The molecule has 0 spiro atoms. The molecule has 0 aromatic carbocycles. The normalized spacial score (nSPS) is 20.3. The van der Waals surface area contributed by atoms with E-state index >= 15 is 0 Å². The summed E-state index contributed by atoms with van der Waals surface area (Å²) < 4.78 is 0. The highest BCUT2D eigenvalue weighted by molar-refractivity contribution is 4.82. The van der Waals surface area contributed by atoms with Crippen LogP contribution in [0.3, 0.4) is 0 Å². The Kier molecular flexibility index (Phi) is 6.50. The zero-order valence-corrected chi connectivity index (χ0v) is 12.4. The topological polar surface area (TPSA) is 15.3 Å². The van der Waals surface area contributed by atoms with Gasteiger partial charge in [0.2, 0.25) is 0 Å². The molecular formula is C15H32N2. The molecule has 0 bridgehead atoms. The number of nitrogens with one attached hydrogen (secondary N) is 1. The lowest BCUT2D eigenvalue weighted by molar-refractivity contribution is 0.284. The summed E-state index contributed by atoms with van der Waals surface area (Å²) >= 11 is 0. The van der Waals surface area contributed by atoms with Crippen molar-refractivity contribution in [2.24, 2.45) is 5.41 Å². The van der Waals surface area contributed by atoms with E-state index in [2.05, 4.69) is 37.9 Å². The molecule has 102 valence electrons. The fourth-order valence-corrected chi connectivity index (χ4v) is 2.62. The van der Waals surface area contributed by atoms with Crippen LogP contribution in [0.1, 0.15) is 59.8 Å². The fraction of sp³-hybridized carbons (Fsp3) is 1.00. The van der Waals surface area contributed by atoms with Crippen LogP contribution in [0.15, 0.2) is 0 Å². The van der Waals surface area contributed by atoms with Crippen molar-refractivity contribution in [1.82, 2.24) is 10.2 Å². The van der Waals surface area contributed by atoms with Crippen molar-refractivity contribution in [1.29, 1.82) is 0 Å². The molecule has 1 rings (SSSR count). The molecule has 2 nitrogen and oxygen atoms in total. The lowest BCUT2D eigenvalue weighted by Gasteiger charge is -2.19. The molecule has 1 saturated heterocycles. The first-order valence-corrected chi connectivity index (χ1v) is 7.45. The third-order valence-electron chi connectivity index (χ3n) is 3.71. The first-order chi connectivity index (χ1) is 7.99. The van der Waals surface area contributed by atoms with Gasteiger partial charge in [0.05, 0.1) is 0 Å². The average molecular weight is 240 g/mol. The van der Waals surface area contributed by atoms with Crippen LogP contribution in [0.25, 0.3) is 0 Å². The van der Waals surface area contributed by atoms with E-state index in [0.717, 1.165) is 0 Å². The zero-order chi connectivity index (χ0) is 12.7. The molecule has 0 saturated carbocycles. The summed E-state index contributed by atoms with van der Waals surface area (Å²) in [6, 6.07) is 0.641. The summed E-state index contributed by atoms with van der Waals surface area (Å²) in [6.07, 6.45) is 6.89. The second-order valence-electron chi connectivity index (χ2n) is 6.71. The van der Waals surface area contributed by atoms with Gasteiger partial charge in [-0.15, -0.1) is 0 Å². The molecule has 0 aliphatic carbocycles. The summed E-state index contributed by atoms with van der Waals surface area (Å²) in [7, 11) is 0. The molecule has 0 aromatic rings. The Morgan fingerprint density at radius 3 is 2.41 bits per heavy atom. The summed E-state index contributed by atoms with van der Waals surface area (Å²) in [5.41, 5.74) is 0.571. The molecular weight excluding hydrogens is 208 g/mol. The largest absolute Gasteiger partial charge is 0.315 e. The van der Waals surface area contributed by atoms with Gasteiger partial charge in [-0.05, 0) is 44.3 Å². The lowest BCUT2D eigenvalue weighted by atomic mass is 9.93. The monoisotopic (exact) mass is 240 g/mol. The summed E-state index contributed by atoms with van der Waals surface area (Å²) in [5.74, 6) is 0. The van der Waals surface area contributed by atoms with Crippen LogP contribution < -0.4 is 5.32 Å². The van der Waals surface area contributed by atoms with E-state index in [9.17, 15) is 0 Å². The average Bonchev–Trinajstić information content (AvgIpc) is 2.56. The highest BCUT2D eigenvalue weighted by Gasteiger charge is 2.28. The smallest absolute Gasteiger partial charge is 0.00332 e. The van der Waals surface area contributed by atoms with Gasteiger partial charge >= 0.3 is 0 Å². The van der Waals surface area contributed by atoms with Gasteiger partial charge in [0.25, 0.3) is 0 Å². The Morgan fingerprint density at radius 1 is 1.12 bits per heavy atom. The van der Waals surface area contributed by atoms with Gasteiger partial charge in [-0.1, -0.05) is 40.5 Å². The third kappa shape index (κ3) is 7.05. The standard InChI is InChI=1S/C15H32N2/c1-14(2)16-10-7-5-6-8-11-17-12-9-15(3,4)13-17/h14,16H,5-13H2,1-4H3. The first kappa shape index (κ1) is 15.0. The summed E-state index contributed by atoms with van der Waals surface area (Å²) in [6.45, 7) is 14.4. The van der Waals surface area contributed by atoms with Gasteiger partial charge in [-0.3, -0.25) is 0 Å². The Bertz CT molecular complexity index is 199. The van der Waals surface area contributed by atoms with Crippen LogP contribution >= 0.6 is 0 Å². The molecule has 0 amide bonds. The Balaban J connectivity index is 1.88. The molecule has 0 atom stereocenters. The highest BCUT2D eigenvalue weighted by atomic mass is 15.1. The molecule has 0 aromatic heterocycles. The van der Waals surface area contributed by atoms with E-state index in [1.54, 1.807) is 0 Å². The van der Waals surface area contributed by atoms with Crippen molar-refractivity contribution in [3.05, 3.63) is 0 Å². The van der Waals surface area contributed by atoms with Crippen molar-refractivity contribution >= 4 is 0 Å². The van der Waals surface area contributed by atoms with Crippen LogP contribution in [0.4, 0.5) is 0 Å². The maximum absolute atomic E-state index is 3.48. The van der Waals surface area contributed by atoms with Crippen molar-refractivity contribution in [3.63, 3.8) is 0 Å². The molecule has 1 N–H and O–H groups in total. The van der Waals surface area contributed by atoms with Crippen LogP contribution in [0.2, 0.25) is 0 Å². The third-order valence-corrected chi connectivity index (χ3v) is 3.71. The van der Waals surface area contributed by atoms with Crippen molar-refractivity contribution in [2.75, 3.05) is 26.2 Å². The second-order valence-corrected chi connectivity index (χ2v) is 6.71. The van der Waals surface area contributed by atoms with E-state index < -0.39 is 0 Å². The number of unbranched alkanes of at least 4 members (excludes halogenated alkanes) is 3. The number of hydrogen-bond donors (Lipinski definition) is 1. The fourth-order valence-electron chi connectivity index (χ4n) is 2.62. The highest BCUT2D eigenvalue weighted by Crippen LogP contribution is 2.28. The van der Waals surface area contributed by atoms with E-state index in [-0.39, 0.29) is 0 Å². The van der Waals surface area contributed by atoms with Crippen LogP contribution in [0, 0.1) is 5.41 Å². The quantitative estimate of drug-likeness (QED) is 0.655. The van der Waals surface area contributed by atoms with Gasteiger partial charge in [0.1, 0.15) is 0 Å². The van der Waals surface area contributed by atoms with E-state index in [1.807, 2.05) is 0 Å².